The molecule has 0 heterocycles. The van der Waals surface area contributed by atoms with Gasteiger partial charge in [0.2, 0.25) is 0 Å². The van der Waals surface area contributed by atoms with E-state index in [1.807, 2.05) is 13.0 Å². The van der Waals surface area contributed by atoms with Gasteiger partial charge in [-0.1, -0.05) is 35.3 Å². The Bertz CT molecular complexity index is 873. The van der Waals surface area contributed by atoms with Gasteiger partial charge in [0, 0.05) is 17.3 Å². The Hall–Kier alpha value is -2.68. The van der Waals surface area contributed by atoms with Gasteiger partial charge in [-0.25, -0.2) is 0 Å². The molecule has 0 fully saturated rings. The summed E-state index contributed by atoms with van der Waals surface area (Å²) in [5.74, 6) is -0.0802. The van der Waals surface area contributed by atoms with Crippen LogP contribution in [0.2, 0.25) is 10.0 Å². The molecule has 2 aromatic carbocycles. The second-order valence-electron chi connectivity index (χ2n) is 5.05. The predicted molar refractivity (Wildman–Crippen MR) is 100 cm³/mol. The summed E-state index contributed by atoms with van der Waals surface area (Å²) < 4.78 is 5.24. The normalized spacial score (nSPS) is 10.8. The average molecular weight is 376 g/mol. The Balaban J connectivity index is 2.21. The molecule has 128 valence electrons. The lowest BCUT2D eigenvalue weighted by Gasteiger charge is -2.11. The maximum absolute atomic E-state index is 12.2. The maximum atomic E-state index is 12.2. The molecule has 0 unspecified atom stereocenters. The van der Waals surface area contributed by atoms with Crippen LogP contribution in [-0.2, 0) is 4.79 Å². The van der Waals surface area contributed by atoms with Crippen molar-refractivity contribution in [3.8, 4) is 11.8 Å². The third-order valence-electron chi connectivity index (χ3n) is 3.34. The number of benzene rings is 2. The minimum absolute atomic E-state index is 0.116. The molecule has 2 aromatic rings. The summed E-state index contributed by atoms with van der Waals surface area (Å²) in [4.78, 5) is 12.2. The van der Waals surface area contributed by atoms with Gasteiger partial charge in [0.15, 0.2) is 0 Å². The minimum atomic E-state index is -0.576. The zero-order chi connectivity index (χ0) is 18.4. The lowest BCUT2D eigenvalue weighted by molar-refractivity contribution is -0.112. The first-order chi connectivity index (χ1) is 12.0. The van der Waals surface area contributed by atoms with Gasteiger partial charge in [-0.05, 0) is 30.7 Å². The summed E-state index contributed by atoms with van der Waals surface area (Å²) in [6.07, 6.45) is 1.30. The molecule has 0 aromatic heterocycles. The Labute approximate surface area is 155 Å². The van der Waals surface area contributed by atoms with Crippen molar-refractivity contribution in [3.05, 3.63) is 63.8 Å². The number of anilines is 2. The lowest BCUT2D eigenvalue weighted by atomic mass is 10.2. The fraction of sp³-hybridized carbons (Fsp3) is 0.111. The summed E-state index contributed by atoms with van der Waals surface area (Å²) in [5.41, 5.74) is 1.73. The lowest BCUT2D eigenvalue weighted by Crippen LogP contribution is -2.14. The van der Waals surface area contributed by atoms with Gasteiger partial charge in [0.25, 0.3) is 5.91 Å². The molecule has 5 nitrogen and oxygen atoms in total. The number of para-hydroxylation sites is 1. The quantitative estimate of drug-likeness (QED) is 0.582. The van der Waals surface area contributed by atoms with E-state index in [0.29, 0.717) is 27.2 Å². The van der Waals surface area contributed by atoms with Crippen LogP contribution in [0.15, 0.2) is 48.2 Å². The second kappa shape index (κ2) is 8.43. The summed E-state index contributed by atoms with van der Waals surface area (Å²) in [6.45, 7) is 1.84. The summed E-state index contributed by atoms with van der Waals surface area (Å²) in [5, 5.41) is 15.7. The second-order valence-corrected chi connectivity index (χ2v) is 5.86. The molecule has 1 amide bonds. The van der Waals surface area contributed by atoms with E-state index in [1.54, 1.807) is 36.4 Å². The number of amides is 1. The Morgan fingerprint density at radius 1 is 1.20 bits per heavy atom. The summed E-state index contributed by atoms with van der Waals surface area (Å²) in [6, 6.07) is 12.0. The van der Waals surface area contributed by atoms with Crippen molar-refractivity contribution in [2.24, 2.45) is 0 Å². The molecule has 0 bridgehead atoms. The van der Waals surface area contributed by atoms with Crippen molar-refractivity contribution in [3.63, 3.8) is 0 Å². The van der Waals surface area contributed by atoms with Crippen LogP contribution in [0.5, 0.6) is 5.75 Å². The van der Waals surface area contributed by atoms with Gasteiger partial charge in [0.05, 0.1) is 23.5 Å². The number of halogens is 2. The monoisotopic (exact) mass is 375 g/mol. The standard InChI is InChI=1S/C18H15Cl2N3O2/c1-11-7-16(17(25-2)8-14(11)20)22-10-12(9-21)18(24)23-15-6-4-3-5-13(15)19/h3-8,10,22H,1-2H3,(H,23,24)/b12-10-. The van der Waals surface area contributed by atoms with Crippen LogP contribution in [0.4, 0.5) is 11.4 Å². The number of hydrogen-bond donors (Lipinski definition) is 2. The molecule has 0 aliphatic rings. The van der Waals surface area contributed by atoms with E-state index in [2.05, 4.69) is 10.6 Å². The number of carbonyl (C=O) groups excluding carboxylic acids is 1. The smallest absolute Gasteiger partial charge is 0.267 e. The van der Waals surface area contributed by atoms with Crippen molar-refractivity contribution >= 4 is 40.5 Å². The molecule has 0 aliphatic heterocycles. The topological polar surface area (TPSA) is 74.1 Å². The molecular weight excluding hydrogens is 361 g/mol. The van der Waals surface area contributed by atoms with Crippen molar-refractivity contribution < 1.29 is 9.53 Å². The van der Waals surface area contributed by atoms with Crippen LogP contribution in [0.3, 0.4) is 0 Å². The van der Waals surface area contributed by atoms with Gasteiger partial charge >= 0.3 is 0 Å². The Morgan fingerprint density at radius 3 is 2.56 bits per heavy atom. The number of aryl methyl sites for hydroxylation is 1. The highest BCUT2D eigenvalue weighted by atomic mass is 35.5. The van der Waals surface area contributed by atoms with Crippen molar-refractivity contribution in [2.75, 3.05) is 17.7 Å². The van der Waals surface area contributed by atoms with Gasteiger partial charge in [0.1, 0.15) is 17.4 Å². The Morgan fingerprint density at radius 2 is 1.92 bits per heavy atom. The van der Waals surface area contributed by atoms with Crippen LogP contribution in [0.1, 0.15) is 5.56 Å². The largest absolute Gasteiger partial charge is 0.495 e. The first-order valence-corrected chi connectivity index (χ1v) is 7.98. The van der Waals surface area contributed by atoms with Crippen molar-refractivity contribution in [1.29, 1.82) is 5.26 Å². The fourth-order valence-electron chi connectivity index (χ4n) is 2.00. The molecule has 2 rings (SSSR count). The molecule has 0 atom stereocenters. The molecule has 7 heteroatoms. The number of rotatable bonds is 5. The van der Waals surface area contributed by atoms with Crippen LogP contribution in [0.25, 0.3) is 0 Å². The fourth-order valence-corrected chi connectivity index (χ4v) is 2.33. The van der Waals surface area contributed by atoms with Gasteiger partial charge in [-0.15, -0.1) is 0 Å². The third kappa shape index (κ3) is 4.66. The van der Waals surface area contributed by atoms with Gasteiger partial charge in [-0.3, -0.25) is 4.79 Å². The third-order valence-corrected chi connectivity index (χ3v) is 4.08. The maximum Gasteiger partial charge on any atom is 0.267 e. The number of ether oxygens (including phenoxy) is 1. The highest BCUT2D eigenvalue weighted by molar-refractivity contribution is 6.34. The van der Waals surface area contributed by atoms with E-state index < -0.39 is 5.91 Å². The SMILES string of the molecule is COc1cc(Cl)c(C)cc1N/C=C(/C#N)C(=O)Nc1ccccc1Cl. The summed E-state index contributed by atoms with van der Waals surface area (Å²) >= 11 is 12.1. The number of nitrogens with one attached hydrogen (secondary N) is 2. The summed E-state index contributed by atoms with van der Waals surface area (Å²) in [7, 11) is 1.51. The highest BCUT2D eigenvalue weighted by Gasteiger charge is 2.12. The van der Waals surface area contributed by atoms with Crippen molar-refractivity contribution in [1.82, 2.24) is 0 Å². The molecule has 0 spiro atoms. The number of carbonyl (C=O) groups is 1. The first kappa shape index (κ1) is 18.7. The number of nitrogens with zero attached hydrogens (tertiary/aromatic N) is 1. The van der Waals surface area contributed by atoms with E-state index in [1.165, 1.54) is 13.3 Å². The van der Waals surface area contributed by atoms with E-state index >= 15 is 0 Å². The van der Waals surface area contributed by atoms with Crippen LogP contribution in [0, 0.1) is 18.3 Å². The van der Waals surface area contributed by atoms with Crippen LogP contribution < -0.4 is 15.4 Å². The van der Waals surface area contributed by atoms with Gasteiger partial charge in [-0.2, -0.15) is 5.26 Å². The molecule has 0 aliphatic carbocycles. The van der Waals surface area contributed by atoms with Crippen LogP contribution >= 0.6 is 23.2 Å². The van der Waals surface area contributed by atoms with E-state index in [4.69, 9.17) is 27.9 Å². The molecule has 0 saturated heterocycles. The predicted octanol–water partition coefficient (Wildman–Crippen LogP) is 4.77. The molecule has 0 radical (unpaired) electrons. The highest BCUT2D eigenvalue weighted by Crippen LogP contribution is 2.31. The molecule has 0 saturated carbocycles. The average Bonchev–Trinajstić information content (AvgIpc) is 2.60. The van der Waals surface area contributed by atoms with E-state index in [-0.39, 0.29) is 5.57 Å². The number of nitriles is 1. The molecule has 2 N–H and O–H groups in total. The molecule has 25 heavy (non-hydrogen) atoms. The van der Waals surface area contributed by atoms with Gasteiger partial charge < -0.3 is 15.4 Å². The zero-order valence-electron chi connectivity index (χ0n) is 13.6. The van der Waals surface area contributed by atoms with E-state index in [9.17, 15) is 10.1 Å². The zero-order valence-corrected chi connectivity index (χ0v) is 15.1. The first-order valence-electron chi connectivity index (χ1n) is 7.23. The van der Waals surface area contributed by atoms with Crippen molar-refractivity contribution in [2.45, 2.75) is 6.92 Å². The Kier molecular flexibility index (Phi) is 6.29. The number of hydrogen-bond acceptors (Lipinski definition) is 4. The van der Waals surface area contributed by atoms with E-state index in [0.717, 1.165) is 5.56 Å². The minimum Gasteiger partial charge on any atom is -0.495 e. The number of methoxy groups -OCH3 is 1. The molecular formula is C18H15Cl2N3O2. The van der Waals surface area contributed by atoms with Crippen LogP contribution in [-0.4, -0.2) is 13.0 Å².